The molecule has 0 aliphatic carbocycles. The maximum absolute atomic E-state index is 13.3. The van der Waals surface area contributed by atoms with Crippen molar-refractivity contribution in [3.63, 3.8) is 0 Å². The Morgan fingerprint density at radius 1 is 1.21 bits per heavy atom. The minimum Gasteiger partial charge on any atom is -0.491 e. The topological polar surface area (TPSA) is 50.5 Å². The summed E-state index contributed by atoms with van der Waals surface area (Å²) in [5, 5.41) is 8.12. The predicted molar refractivity (Wildman–Crippen MR) is 108 cm³/mol. The Kier molecular flexibility index (Phi) is 5.76. The van der Waals surface area contributed by atoms with E-state index >= 15 is 0 Å². The summed E-state index contributed by atoms with van der Waals surface area (Å²) >= 11 is 0. The van der Waals surface area contributed by atoms with Crippen molar-refractivity contribution in [3.8, 4) is 5.75 Å². The molecular weight excluding hydrogens is 357 g/mol. The maximum atomic E-state index is 13.3. The zero-order valence-corrected chi connectivity index (χ0v) is 16.2. The summed E-state index contributed by atoms with van der Waals surface area (Å²) in [6, 6.07) is 12.7. The van der Waals surface area contributed by atoms with Crippen LogP contribution in [0.3, 0.4) is 0 Å². The number of ether oxygens (including phenoxy) is 1. The Hall–Kier alpha value is -2.60. The molecule has 6 heteroatoms. The fourth-order valence-corrected chi connectivity index (χ4v) is 3.92. The minimum absolute atomic E-state index is 0.276. The lowest BCUT2D eigenvalue weighted by Crippen LogP contribution is -2.34. The van der Waals surface area contributed by atoms with Crippen LogP contribution in [0, 0.1) is 5.82 Å². The third-order valence-electron chi connectivity index (χ3n) is 5.46. The second-order valence-electron chi connectivity index (χ2n) is 7.27. The van der Waals surface area contributed by atoms with Crippen LogP contribution in [-0.4, -0.2) is 43.3 Å². The molecule has 148 valence electrons. The highest BCUT2D eigenvalue weighted by atomic mass is 19.1. The van der Waals surface area contributed by atoms with Crippen molar-refractivity contribution in [1.29, 1.82) is 0 Å². The van der Waals surface area contributed by atoms with Crippen molar-refractivity contribution < 1.29 is 13.7 Å². The summed E-state index contributed by atoms with van der Waals surface area (Å²) in [7, 11) is 1.90. The number of aromatic nitrogens is 1. The number of hydrogen-bond donors (Lipinski definition) is 1. The summed E-state index contributed by atoms with van der Waals surface area (Å²) < 4.78 is 24.8. The van der Waals surface area contributed by atoms with Crippen LogP contribution in [0.4, 0.5) is 10.1 Å². The molecule has 2 heterocycles. The lowest BCUT2D eigenvalue weighted by atomic mass is 9.92. The monoisotopic (exact) mass is 383 g/mol. The Balaban J connectivity index is 1.24. The lowest BCUT2D eigenvalue weighted by molar-refractivity contribution is 0.183. The average molecular weight is 383 g/mol. The van der Waals surface area contributed by atoms with E-state index in [-0.39, 0.29) is 5.82 Å². The lowest BCUT2D eigenvalue weighted by Gasteiger charge is -2.30. The zero-order valence-electron chi connectivity index (χ0n) is 16.2. The normalized spacial score (nSPS) is 15.8. The molecule has 0 amide bonds. The number of piperidine rings is 1. The summed E-state index contributed by atoms with van der Waals surface area (Å²) in [6.07, 6.45) is 3.06. The Labute approximate surface area is 164 Å². The van der Waals surface area contributed by atoms with E-state index in [2.05, 4.69) is 15.4 Å². The van der Waals surface area contributed by atoms with Gasteiger partial charge in [0, 0.05) is 31.0 Å². The van der Waals surface area contributed by atoms with Gasteiger partial charge in [-0.05, 0) is 56.6 Å². The number of nitrogens with zero attached hydrogens (tertiary/aromatic N) is 2. The van der Waals surface area contributed by atoms with Crippen LogP contribution >= 0.6 is 0 Å². The molecule has 0 radical (unpaired) electrons. The number of hydrogen-bond acceptors (Lipinski definition) is 5. The zero-order chi connectivity index (χ0) is 19.3. The average Bonchev–Trinajstić information content (AvgIpc) is 3.15. The predicted octanol–water partition coefficient (Wildman–Crippen LogP) is 4.66. The molecule has 4 rings (SSSR count). The number of halogens is 1. The molecule has 1 fully saturated rings. The second-order valence-corrected chi connectivity index (χ2v) is 7.27. The van der Waals surface area contributed by atoms with Crippen LogP contribution in [0.2, 0.25) is 0 Å². The van der Waals surface area contributed by atoms with E-state index in [1.54, 1.807) is 6.07 Å². The van der Waals surface area contributed by atoms with E-state index < -0.39 is 0 Å². The van der Waals surface area contributed by atoms with E-state index in [0.717, 1.165) is 61.5 Å². The number of likely N-dealkylation sites (tertiary alicyclic amines) is 1. The van der Waals surface area contributed by atoms with Gasteiger partial charge in [-0.25, -0.2) is 4.39 Å². The van der Waals surface area contributed by atoms with Crippen molar-refractivity contribution in [2.24, 2.45) is 0 Å². The number of anilines is 1. The molecule has 28 heavy (non-hydrogen) atoms. The van der Waals surface area contributed by atoms with Gasteiger partial charge in [0.15, 0.2) is 0 Å². The number of nitrogens with one attached hydrogen (secondary N) is 1. The van der Waals surface area contributed by atoms with Gasteiger partial charge < -0.3 is 19.5 Å². The standard InChI is InChI=1S/C22H26FN3O2/c1-24-19-5-2-3-6-21(19)27-14-4-11-26-12-9-16(10-13-26)22-18-8-7-17(23)15-20(18)25-28-22/h2-3,5-8,15-16,24H,4,9-14H2,1H3. The van der Waals surface area contributed by atoms with E-state index in [0.29, 0.717) is 18.0 Å². The fraction of sp³-hybridized carbons (Fsp3) is 0.409. The highest BCUT2D eigenvalue weighted by Gasteiger charge is 2.25. The van der Waals surface area contributed by atoms with Gasteiger partial charge >= 0.3 is 0 Å². The number of benzene rings is 2. The van der Waals surface area contributed by atoms with Crippen LogP contribution < -0.4 is 10.1 Å². The van der Waals surface area contributed by atoms with Crippen molar-refractivity contribution in [3.05, 3.63) is 54.0 Å². The summed E-state index contributed by atoms with van der Waals surface area (Å²) in [5.41, 5.74) is 1.62. The first-order valence-corrected chi connectivity index (χ1v) is 9.91. The van der Waals surface area contributed by atoms with E-state index in [1.165, 1.54) is 12.1 Å². The van der Waals surface area contributed by atoms with Crippen LogP contribution in [0.15, 0.2) is 47.0 Å². The number of para-hydroxylation sites is 2. The van der Waals surface area contributed by atoms with Gasteiger partial charge in [-0.3, -0.25) is 0 Å². The molecule has 0 bridgehead atoms. The first-order valence-electron chi connectivity index (χ1n) is 9.91. The smallest absolute Gasteiger partial charge is 0.147 e. The van der Waals surface area contributed by atoms with Crippen LogP contribution in [-0.2, 0) is 0 Å². The largest absolute Gasteiger partial charge is 0.491 e. The summed E-state index contributed by atoms with van der Waals surface area (Å²) in [4.78, 5) is 2.47. The van der Waals surface area contributed by atoms with E-state index in [4.69, 9.17) is 9.26 Å². The molecule has 1 aromatic heterocycles. The van der Waals surface area contributed by atoms with E-state index in [9.17, 15) is 4.39 Å². The molecule has 2 aromatic carbocycles. The third kappa shape index (κ3) is 4.12. The second kappa shape index (κ2) is 8.61. The number of fused-ring (bicyclic) bond motifs is 1. The highest BCUT2D eigenvalue weighted by Crippen LogP contribution is 2.33. The highest BCUT2D eigenvalue weighted by molar-refractivity contribution is 5.80. The molecule has 0 spiro atoms. The molecule has 1 saturated heterocycles. The van der Waals surface area contributed by atoms with Gasteiger partial charge in [-0.1, -0.05) is 17.3 Å². The minimum atomic E-state index is -0.276. The first kappa shape index (κ1) is 18.7. The van der Waals surface area contributed by atoms with Crippen LogP contribution in [0.25, 0.3) is 10.9 Å². The quantitative estimate of drug-likeness (QED) is 0.602. The van der Waals surface area contributed by atoms with Gasteiger partial charge in [0.2, 0.25) is 0 Å². The van der Waals surface area contributed by atoms with Crippen LogP contribution in [0.1, 0.15) is 30.9 Å². The molecule has 1 N–H and O–H groups in total. The Morgan fingerprint density at radius 3 is 2.86 bits per heavy atom. The van der Waals surface area contributed by atoms with Gasteiger partial charge in [0.1, 0.15) is 22.8 Å². The van der Waals surface area contributed by atoms with E-state index in [1.807, 2.05) is 31.3 Å². The Morgan fingerprint density at radius 2 is 2.04 bits per heavy atom. The molecule has 1 aliphatic heterocycles. The molecule has 0 atom stereocenters. The van der Waals surface area contributed by atoms with Crippen LogP contribution in [0.5, 0.6) is 5.75 Å². The fourth-order valence-electron chi connectivity index (χ4n) is 3.92. The van der Waals surface area contributed by atoms with Gasteiger partial charge in [0.05, 0.1) is 12.3 Å². The van der Waals surface area contributed by atoms with Crippen molar-refractivity contribution in [1.82, 2.24) is 10.1 Å². The Bertz CT molecular complexity index is 919. The molecule has 0 saturated carbocycles. The van der Waals surface area contributed by atoms with Crippen molar-refractivity contribution in [2.75, 3.05) is 38.6 Å². The van der Waals surface area contributed by atoms with Gasteiger partial charge in [0.25, 0.3) is 0 Å². The molecule has 0 unspecified atom stereocenters. The molecular formula is C22H26FN3O2. The SMILES string of the molecule is CNc1ccccc1OCCCN1CCC(c2onc3cc(F)ccc23)CC1. The number of rotatable bonds is 7. The summed E-state index contributed by atoms with van der Waals surface area (Å²) in [5.74, 6) is 1.88. The third-order valence-corrected chi connectivity index (χ3v) is 5.46. The first-order chi connectivity index (χ1) is 13.7. The van der Waals surface area contributed by atoms with Gasteiger partial charge in [-0.15, -0.1) is 0 Å². The molecule has 3 aromatic rings. The summed E-state index contributed by atoms with van der Waals surface area (Å²) in [6.45, 7) is 3.79. The van der Waals surface area contributed by atoms with Crippen molar-refractivity contribution in [2.45, 2.75) is 25.2 Å². The molecule has 5 nitrogen and oxygen atoms in total. The molecule has 1 aliphatic rings. The van der Waals surface area contributed by atoms with Gasteiger partial charge in [-0.2, -0.15) is 0 Å². The maximum Gasteiger partial charge on any atom is 0.147 e. The van der Waals surface area contributed by atoms with Crippen molar-refractivity contribution >= 4 is 16.6 Å².